The molecule has 0 aliphatic heterocycles. The van der Waals surface area contributed by atoms with Gasteiger partial charge in [0, 0.05) is 0 Å². The Hall–Kier alpha value is -0.980. The van der Waals surface area contributed by atoms with E-state index < -0.39 is 10.0 Å². The molecule has 0 aromatic heterocycles. The molecule has 0 fully saturated rings. The molecule has 95 valence electrons. The van der Waals surface area contributed by atoms with Gasteiger partial charge in [0.05, 0.1) is 12.9 Å². The summed E-state index contributed by atoms with van der Waals surface area (Å²) in [4.78, 5) is 0. The minimum Gasteiger partial charge on any atom is -0.350 e. The van der Waals surface area contributed by atoms with Gasteiger partial charge in [-0.15, -0.1) is 0 Å². The van der Waals surface area contributed by atoms with Crippen LogP contribution in [0.25, 0.3) is 0 Å². The average Bonchev–Trinajstić information content (AvgIpc) is 2.25. The van der Waals surface area contributed by atoms with Crippen LogP contribution in [0.15, 0.2) is 24.3 Å². The first kappa shape index (κ1) is 14.1. The molecule has 0 aliphatic rings. The van der Waals surface area contributed by atoms with Crippen molar-refractivity contribution < 1.29 is 17.5 Å². The Labute approximate surface area is 101 Å². The van der Waals surface area contributed by atoms with E-state index in [2.05, 4.69) is 4.72 Å². The van der Waals surface area contributed by atoms with Crippen molar-refractivity contribution in [3.05, 3.63) is 41.9 Å². The maximum Gasteiger partial charge on any atom is 0.211 e. The first-order chi connectivity index (χ1) is 7.90. The van der Waals surface area contributed by atoms with Crippen LogP contribution < -0.4 is 4.72 Å². The van der Waals surface area contributed by atoms with Gasteiger partial charge < -0.3 is 4.74 Å². The topological polar surface area (TPSA) is 55.4 Å². The van der Waals surface area contributed by atoms with Crippen LogP contribution in [0, 0.1) is 12.0 Å². The Bertz CT molecular complexity index is 444. The van der Waals surface area contributed by atoms with E-state index >= 15 is 0 Å². The molecule has 6 heteroatoms. The summed E-state index contributed by atoms with van der Waals surface area (Å²) in [6, 6.07) is 5.83. The van der Waals surface area contributed by atoms with Crippen LogP contribution in [-0.2, 0) is 21.4 Å². The highest BCUT2D eigenvalue weighted by molar-refractivity contribution is 7.88. The third kappa shape index (κ3) is 5.76. The molecule has 1 aromatic rings. The minimum atomic E-state index is -3.32. The average molecular weight is 260 g/mol. The van der Waals surface area contributed by atoms with Gasteiger partial charge in [0.15, 0.2) is 6.23 Å². The number of hydrogen-bond donors (Lipinski definition) is 1. The lowest BCUT2D eigenvalue weighted by Crippen LogP contribution is -2.28. The van der Waals surface area contributed by atoms with Gasteiger partial charge in [-0.2, -0.15) is 4.72 Å². The zero-order chi connectivity index (χ0) is 12.9. The Morgan fingerprint density at radius 2 is 1.94 bits per heavy atom. The summed E-state index contributed by atoms with van der Waals surface area (Å²) in [5, 5.41) is 0. The normalized spacial score (nSPS) is 12.0. The zero-order valence-electron chi connectivity index (χ0n) is 9.73. The molecule has 0 aliphatic carbocycles. The number of nitrogens with one attached hydrogen (secondary N) is 1. The second-order valence-corrected chi connectivity index (χ2v) is 5.31. The van der Waals surface area contributed by atoms with E-state index in [4.69, 9.17) is 4.74 Å². The molecule has 1 radical (unpaired) electrons. The molecule has 0 atom stereocenters. The standard InChI is InChI=1S/C11H15FNO3S/c1-3-11(13-17(2,14)15)16-8-9-4-6-10(12)7-5-9/h4-7,13H,3,8H2,1-2H3. The summed E-state index contributed by atoms with van der Waals surface area (Å²) in [5.41, 5.74) is 0.771. The van der Waals surface area contributed by atoms with Gasteiger partial charge >= 0.3 is 0 Å². The zero-order valence-corrected chi connectivity index (χ0v) is 10.6. The first-order valence-corrected chi connectivity index (χ1v) is 7.00. The smallest absolute Gasteiger partial charge is 0.211 e. The summed E-state index contributed by atoms with van der Waals surface area (Å²) in [5.74, 6) is -0.317. The largest absolute Gasteiger partial charge is 0.350 e. The summed E-state index contributed by atoms with van der Waals surface area (Å²) in [6.07, 6.45) is 1.77. The fourth-order valence-electron chi connectivity index (χ4n) is 1.16. The predicted molar refractivity (Wildman–Crippen MR) is 62.7 cm³/mol. The highest BCUT2D eigenvalue weighted by Gasteiger charge is 2.13. The van der Waals surface area contributed by atoms with Gasteiger partial charge in [-0.3, -0.25) is 0 Å². The minimum absolute atomic E-state index is 0.200. The van der Waals surface area contributed by atoms with Crippen molar-refractivity contribution in [2.75, 3.05) is 6.26 Å². The van der Waals surface area contributed by atoms with Crippen molar-refractivity contribution in [2.24, 2.45) is 0 Å². The van der Waals surface area contributed by atoms with Gasteiger partial charge in [0.25, 0.3) is 0 Å². The van der Waals surface area contributed by atoms with Crippen LogP contribution in [0.4, 0.5) is 4.39 Å². The third-order valence-electron chi connectivity index (χ3n) is 1.95. The van der Waals surface area contributed by atoms with Crippen molar-refractivity contribution in [3.8, 4) is 0 Å². The maximum atomic E-state index is 12.6. The van der Waals surface area contributed by atoms with Crippen molar-refractivity contribution >= 4 is 10.0 Å². The SMILES string of the molecule is CC[C](NS(C)(=O)=O)OCc1ccc(F)cc1. The third-order valence-corrected chi connectivity index (χ3v) is 2.55. The van der Waals surface area contributed by atoms with E-state index in [1.807, 2.05) is 0 Å². The summed E-state index contributed by atoms with van der Waals surface area (Å²) in [7, 11) is -3.32. The summed E-state index contributed by atoms with van der Waals surface area (Å²) in [6.45, 7) is 1.98. The van der Waals surface area contributed by atoms with Crippen LogP contribution in [0.5, 0.6) is 0 Å². The molecule has 1 N–H and O–H groups in total. The molecule has 1 aromatic carbocycles. The monoisotopic (exact) mass is 260 g/mol. The fourth-order valence-corrected chi connectivity index (χ4v) is 1.78. The molecule has 0 saturated carbocycles. The number of halogens is 1. The summed E-state index contributed by atoms with van der Waals surface area (Å²) < 4.78 is 42.2. The Kier molecular flexibility index (Phi) is 5.04. The van der Waals surface area contributed by atoms with E-state index in [1.54, 1.807) is 19.1 Å². The van der Waals surface area contributed by atoms with E-state index in [1.165, 1.54) is 12.1 Å². The van der Waals surface area contributed by atoms with Crippen LogP contribution in [0.1, 0.15) is 18.9 Å². The number of hydrogen-bond acceptors (Lipinski definition) is 3. The van der Waals surface area contributed by atoms with Gasteiger partial charge in [-0.05, 0) is 24.1 Å². The van der Waals surface area contributed by atoms with Crippen molar-refractivity contribution in [3.63, 3.8) is 0 Å². The fraction of sp³-hybridized carbons (Fsp3) is 0.364. The number of rotatable bonds is 6. The molecule has 0 spiro atoms. The Balaban J connectivity index is 2.50. The first-order valence-electron chi connectivity index (χ1n) is 5.11. The van der Waals surface area contributed by atoms with Gasteiger partial charge in [-0.25, -0.2) is 12.8 Å². The lowest BCUT2D eigenvalue weighted by molar-refractivity contribution is 0.115. The lowest BCUT2D eigenvalue weighted by atomic mass is 10.2. The van der Waals surface area contributed by atoms with E-state index in [-0.39, 0.29) is 18.7 Å². The van der Waals surface area contributed by atoms with Crippen LogP contribution >= 0.6 is 0 Å². The molecular formula is C11H15FNO3S. The van der Waals surface area contributed by atoms with Crippen LogP contribution in [0.2, 0.25) is 0 Å². The van der Waals surface area contributed by atoms with E-state index in [0.29, 0.717) is 6.42 Å². The Morgan fingerprint density at radius 1 is 1.35 bits per heavy atom. The molecule has 0 bridgehead atoms. The predicted octanol–water partition coefficient (Wildman–Crippen LogP) is 1.79. The number of sulfonamides is 1. The molecule has 0 saturated heterocycles. The van der Waals surface area contributed by atoms with Gasteiger partial charge in [0.2, 0.25) is 10.0 Å². The highest BCUT2D eigenvalue weighted by atomic mass is 32.2. The highest BCUT2D eigenvalue weighted by Crippen LogP contribution is 2.10. The van der Waals surface area contributed by atoms with E-state index in [9.17, 15) is 12.8 Å². The van der Waals surface area contributed by atoms with Crippen molar-refractivity contribution in [1.29, 1.82) is 0 Å². The van der Waals surface area contributed by atoms with Gasteiger partial charge in [0.1, 0.15) is 5.82 Å². The Morgan fingerprint density at radius 3 is 2.41 bits per heavy atom. The molecule has 1 rings (SSSR count). The van der Waals surface area contributed by atoms with Crippen molar-refractivity contribution in [2.45, 2.75) is 20.0 Å². The molecule has 0 amide bonds. The molecule has 0 heterocycles. The van der Waals surface area contributed by atoms with Gasteiger partial charge in [-0.1, -0.05) is 19.1 Å². The number of ether oxygens (including phenoxy) is 1. The van der Waals surface area contributed by atoms with Crippen LogP contribution in [-0.4, -0.2) is 14.7 Å². The molecular weight excluding hydrogens is 245 g/mol. The molecule has 4 nitrogen and oxygen atoms in total. The number of benzene rings is 1. The van der Waals surface area contributed by atoms with E-state index in [0.717, 1.165) is 11.8 Å². The second kappa shape index (κ2) is 6.09. The maximum absolute atomic E-state index is 12.6. The van der Waals surface area contributed by atoms with Crippen molar-refractivity contribution in [1.82, 2.24) is 4.72 Å². The molecule has 0 unspecified atom stereocenters. The molecule has 17 heavy (non-hydrogen) atoms. The summed E-state index contributed by atoms with van der Waals surface area (Å²) >= 11 is 0. The van der Waals surface area contributed by atoms with Crippen LogP contribution in [0.3, 0.4) is 0 Å². The quantitative estimate of drug-likeness (QED) is 0.848. The second-order valence-electron chi connectivity index (χ2n) is 3.57. The lowest BCUT2D eigenvalue weighted by Gasteiger charge is -2.14.